The number of methoxy groups -OCH3 is 2. The summed E-state index contributed by atoms with van der Waals surface area (Å²) in [4.78, 5) is 15.0. The van der Waals surface area contributed by atoms with Crippen LogP contribution in [0.4, 0.5) is 0 Å². The molecule has 0 aliphatic carbocycles. The lowest BCUT2D eigenvalue weighted by Crippen LogP contribution is -2.31. The van der Waals surface area contributed by atoms with Crippen molar-refractivity contribution >= 4 is 5.91 Å². The normalized spacial score (nSPS) is 16.2. The van der Waals surface area contributed by atoms with E-state index in [2.05, 4.69) is 10.3 Å². The van der Waals surface area contributed by atoms with Gasteiger partial charge in [0, 0.05) is 18.2 Å². The van der Waals surface area contributed by atoms with Gasteiger partial charge in [-0.25, -0.2) is 4.68 Å². The highest BCUT2D eigenvalue weighted by molar-refractivity contribution is 5.92. The summed E-state index contributed by atoms with van der Waals surface area (Å²) in [5.74, 6) is 1.32. The van der Waals surface area contributed by atoms with Crippen molar-refractivity contribution in [3.8, 4) is 17.2 Å². The number of nitrogens with zero attached hydrogens (tertiary/aromatic N) is 4. The van der Waals surface area contributed by atoms with Crippen LogP contribution >= 0.6 is 0 Å². The smallest absolute Gasteiger partial charge is 0.276 e. The summed E-state index contributed by atoms with van der Waals surface area (Å²) in [6.07, 6.45) is 3.48. The van der Waals surface area contributed by atoms with E-state index in [9.17, 15) is 4.79 Å². The Balaban J connectivity index is 1.60. The van der Waals surface area contributed by atoms with Gasteiger partial charge in [0.05, 0.1) is 32.1 Å². The Morgan fingerprint density at radius 1 is 1.11 bits per heavy atom. The van der Waals surface area contributed by atoms with E-state index in [1.165, 1.54) is 0 Å². The molecule has 144 valence electrons. The lowest BCUT2D eigenvalue weighted by atomic mass is 10.0. The van der Waals surface area contributed by atoms with E-state index in [1.54, 1.807) is 25.1 Å². The van der Waals surface area contributed by atoms with Gasteiger partial charge in [-0.15, -0.1) is 5.10 Å². The van der Waals surface area contributed by atoms with Crippen molar-refractivity contribution in [2.45, 2.75) is 18.9 Å². The molecule has 2 heterocycles. The monoisotopic (exact) mass is 378 g/mol. The molecular weight excluding hydrogens is 356 g/mol. The predicted molar refractivity (Wildman–Crippen MR) is 104 cm³/mol. The van der Waals surface area contributed by atoms with Crippen LogP contribution in [0.3, 0.4) is 0 Å². The molecule has 1 atom stereocenters. The Morgan fingerprint density at radius 2 is 1.93 bits per heavy atom. The van der Waals surface area contributed by atoms with Crippen molar-refractivity contribution in [2.75, 3.05) is 20.8 Å². The Hall–Kier alpha value is -3.35. The van der Waals surface area contributed by atoms with Crippen molar-refractivity contribution in [2.24, 2.45) is 0 Å². The van der Waals surface area contributed by atoms with Gasteiger partial charge in [-0.05, 0) is 37.1 Å². The van der Waals surface area contributed by atoms with Crippen LogP contribution in [0.25, 0.3) is 5.69 Å². The third-order valence-corrected chi connectivity index (χ3v) is 5.05. The second-order valence-electron chi connectivity index (χ2n) is 6.65. The highest BCUT2D eigenvalue weighted by atomic mass is 16.5. The summed E-state index contributed by atoms with van der Waals surface area (Å²) in [7, 11) is 3.25. The van der Waals surface area contributed by atoms with Gasteiger partial charge in [0.25, 0.3) is 5.91 Å². The number of benzene rings is 2. The SMILES string of the molecule is COc1ccc(C2CCCN2C(=O)c2cn(-c3ccccc3)nn2)c(OC)c1. The minimum Gasteiger partial charge on any atom is -0.497 e. The van der Waals surface area contributed by atoms with Crippen LogP contribution in [0.5, 0.6) is 11.5 Å². The molecule has 1 aromatic heterocycles. The van der Waals surface area contributed by atoms with E-state index < -0.39 is 0 Å². The van der Waals surface area contributed by atoms with Gasteiger partial charge < -0.3 is 14.4 Å². The molecule has 0 bridgehead atoms. The van der Waals surface area contributed by atoms with Gasteiger partial charge in [-0.2, -0.15) is 0 Å². The number of ether oxygens (including phenoxy) is 2. The first kappa shape index (κ1) is 18.0. The van der Waals surface area contributed by atoms with Gasteiger partial charge in [-0.3, -0.25) is 4.79 Å². The molecule has 1 aliphatic heterocycles. The molecule has 1 fully saturated rings. The molecule has 7 heteroatoms. The topological polar surface area (TPSA) is 69.5 Å². The van der Waals surface area contributed by atoms with Crippen LogP contribution in [0.1, 0.15) is 34.9 Å². The summed E-state index contributed by atoms with van der Waals surface area (Å²) in [5.41, 5.74) is 2.18. The standard InChI is InChI=1S/C21H22N4O3/c1-27-16-10-11-17(20(13-16)28-2)19-9-6-12-24(19)21(26)18-14-25(23-22-18)15-7-4-3-5-8-15/h3-5,7-8,10-11,13-14,19H,6,9,12H2,1-2H3. The molecule has 0 N–H and O–H groups in total. The summed E-state index contributed by atoms with van der Waals surface area (Å²) in [6.45, 7) is 0.677. The summed E-state index contributed by atoms with van der Waals surface area (Å²) < 4.78 is 12.4. The number of likely N-dealkylation sites (tertiary alicyclic amines) is 1. The van der Waals surface area contributed by atoms with E-state index in [1.807, 2.05) is 53.4 Å². The van der Waals surface area contributed by atoms with E-state index in [4.69, 9.17) is 9.47 Å². The van der Waals surface area contributed by atoms with Crippen molar-refractivity contribution in [1.29, 1.82) is 0 Å². The first-order chi connectivity index (χ1) is 13.7. The Morgan fingerprint density at radius 3 is 2.68 bits per heavy atom. The van der Waals surface area contributed by atoms with Crippen molar-refractivity contribution in [3.05, 3.63) is 66.0 Å². The number of para-hydroxylation sites is 1. The van der Waals surface area contributed by atoms with Crippen LogP contribution in [-0.2, 0) is 0 Å². The Kier molecular flexibility index (Phi) is 4.97. The number of aromatic nitrogens is 3. The molecule has 2 aromatic carbocycles. The first-order valence-corrected chi connectivity index (χ1v) is 9.22. The number of carbonyl (C=O) groups excluding carboxylic acids is 1. The number of hydrogen-bond acceptors (Lipinski definition) is 5. The maximum atomic E-state index is 13.1. The van der Waals surface area contributed by atoms with Crippen LogP contribution < -0.4 is 9.47 Å². The molecule has 1 saturated heterocycles. The predicted octanol–water partition coefficient (Wildman–Crippen LogP) is 3.26. The number of rotatable bonds is 5. The largest absolute Gasteiger partial charge is 0.497 e. The molecule has 1 unspecified atom stereocenters. The summed E-state index contributed by atoms with van der Waals surface area (Å²) in [6, 6.07) is 15.3. The number of hydrogen-bond donors (Lipinski definition) is 0. The zero-order chi connectivity index (χ0) is 19.5. The molecular formula is C21H22N4O3. The highest BCUT2D eigenvalue weighted by Crippen LogP contribution is 2.39. The second-order valence-corrected chi connectivity index (χ2v) is 6.65. The molecule has 4 rings (SSSR count). The van der Waals surface area contributed by atoms with E-state index in [0.717, 1.165) is 35.6 Å². The molecule has 28 heavy (non-hydrogen) atoms. The van der Waals surface area contributed by atoms with Gasteiger partial charge in [0.15, 0.2) is 5.69 Å². The molecule has 3 aromatic rings. The van der Waals surface area contributed by atoms with Crippen molar-refractivity contribution in [3.63, 3.8) is 0 Å². The average molecular weight is 378 g/mol. The molecule has 0 saturated carbocycles. The third kappa shape index (κ3) is 3.31. The van der Waals surface area contributed by atoms with Crippen molar-refractivity contribution < 1.29 is 14.3 Å². The quantitative estimate of drug-likeness (QED) is 0.682. The van der Waals surface area contributed by atoms with E-state index in [0.29, 0.717) is 12.2 Å². The first-order valence-electron chi connectivity index (χ1n) is 9.22. The minimum atomic E-state index is -0.123. The number of amides is 1. The van der Waals surface area contributed by atoms with E-state index >= 15 is 0 Å². The van der Waals surface area contributed by atoms with Crippen molar-refractivity contribution in [1.82, 2.24) is 19.9 Å². The van der Waals surface area contributed by atoms with Gasteiger partial charge >= 0.3 is 0 Å². The van der Waals surface area contributed by atoms with E-state index in [-0.39, 0.29) is 11.9 Å². The fourth-order valence-corrected chi connectivity index (χ4v) is 3.64. The van der Waals surface area contributed by atoms with Gasteiger partial charge in [0.1, 0.15) is 11.5 Å². The number of carbonyl (C=O) groups is 1. The highest BCUT2D eigenvalue weighted by Gasteiger charge is 2.33. The van der Waals surface area contributed by atoms with Crippen LogP contribution in [0.2, 0.25) is 0 Å². The lowest BCUT2D eigenvalue weighted by molar-refractivity contribution is 0.0728. The van der Waals surface area contributed by atoms with Crippen LogP contribution in [0.15, 0.2) is 54.7 Å². The molecule has 0 spiro atoms. The fourth-order valence-electron chi connectivity index (χ4n) is 3.64. The molecule has 1 aliphatic rings. The maximum Gasteiger partial charge on any atom is 0.276 e. The summed E-state index contributed by atoms with van der Waals surface area (Å²) >= 11 is 0. The van der Waals surface area contributed by atoms with Gasteiger partial charge in [-0.1, -0.05) is 23.4 Å². The van der Waals surface area contributed by atoms with Crippen LogP contribution in [-0.4, -0.2) is 46.6 Å². The zero-order valence-electron chi connectivity index (χ0n) is 15.9. The Labute approximate surface area is 163 Å². The second kappa shape index (κ2) is 7.72. The fraction of sp³-hybridized carbons (Fsp3) is 0.286. The Bertz CT molecular complexity index is 971. The molecule has 0 radical (unpaired) electrons. The third-order valence-electron chi connectivity index (χ3n) is 5.05. The minimum absolute atomic E-state index is 0.0600. The lowest BCUT2D eigenvalue weighted by Gasteiger charge is -2.25. The maximum absolute atomic E-state index is 13.1. The molecule has 7 nitrogen and oxygen atoms in total. The average Bonchev–Trinajstić information content (AvgIpc) is 3.43. The zero-order valence-corrected chi connectivity index (χ0v) is 15.9. The molecule has 1 amide bonds. The summed E-state index contributed by atoms with van der Waals surface area (Å²) in [5, 5.41) is 8.22. The van der Waals surface area contributed by atoms with Gasteiger partial charge in [0.2, 0.25) is 0 Å². The van der Waals surface area contributed by atoms with Crippen LogP contribution in [0, 0.1) is 0 Å².